The van der Waals surface area contributed by atoms with Gasteiger partial charge in [0, 0.05) is 18.6 Å². The van der Waals surface area contributed by atoms with Crippen molar-refractivity contribution >= 4 is 11.6 Å². The molecular weight excluding hydrogens is 288 g/mol. The number of para-hydroxylation sites is 2. The molecule has 1 amide bonds. The molecule has 0 fully saturated rings. The Morgan fingerprint density at radius 1 is 1.09 bits per heavy atom. The third kappa shape index (κ3) is 4.71. The van der Waals surface area contributed by atoms with Crippen LogP contribution in [0.25, 0.3) is 0 Å². The van der Waals surface area contributed by atoms with Crippen molar-refractivity contribution < 1.29 is 9.53 Å². The summed E-state index contributed by atoms with van der Waals surface area (Å²) in [6, 6.07) is 8.96. The van der Waals surface area contributed by atoms with Gasteiger partial charge in [-0.25, -0.2) is 0 Å². The van der Waals surface area contributed by atoms with Gasteiger partial charge in [-0.1, -0.05) is 18.6 Å². The van der Waals surface area contributed by atoms with E-state index in [2.05, 4.69) is 32.6 Å². The molecule has 2 rings (SSSR count). The standard InChI is InChI=1S/C19H30N2O2/c1-15(2)20(16(3)4)12-8-5-9-13-21-17-10-6-7-11-18(17)23-14-19(21)22/h6-7,10-11,15-16H,5,8-9,12-14H2,1-4H3. The molecule has 1 heterocycles. The zero-order valence-corrected chi connectivity index (χ0v) is 14.9. The lowest BCUT2D eigenvalue weighted by molar-refractivity contribution is -0.121. The van der Waals surface area contributed by atoms with Crippen LogP contribution in [0.5, 0.6) is 5.75 Å². The third-order valence-electron chi connectivity index (χ3n) is 4.43. The summed E-state index contributed by atoms with van der Waals surface area (Å²) in [5, 5.41) is 0. The Morgan fingerprint density at radius 2 is 1.78 bits per heavy atom. The Morgan fingerprint density at radius 3 is 2.48 bits per heavy atom. The molecular formula is C19H30N2O2. The quantitative estimate of drug-likeness (QED) is 0.685. The van der Waals surface area contributed by atoms with E-state index in [1.165, 1.54) is 6.42 Å². The molecule has 1 aromatic rings. The van der Waals surface area contributed by atoms with Crippen LogP contribution in [0.2, 0.25) is 0 Å². The number of amides is 1. The topological polar surface area (TPSA) is 32.8 Å². The van der Waals surface area contributed by atoms with Crippen molar-refractivity contribution in [3.8, 4) is 5.75 Å². The number of carbonyl (C=O) groups is 1. The summed E-state index contributed by atoms with van der Waals surface area (Å²) < 4.78 is 5.48. The first-order chi connectivity index (χ1) is 11.0. The number of unbranched alkanes of at least 4 members (excludes halogenated alkanes) is 2. The Bertz CT molecular complexity index is 506. The van der Waals surface area contributed by atoms with E-state index in [4.69, 9.17) is 4.74 Å². The van der Waals surface area contributed by atoms with Crippen molar-refractivity contribution in [3.05, 3.63) is 24.3 Å². The highest BCUT2D eigenvalue weighted by Gasteiger charge is 2.24. The third-order valence-corrected chi connectivity index (χ3v) is 4.43. The molecule has 0 aliphatic carbocycles. The average molecular weight is 318 g/mol. The molecule has 0 saturated carbocycles. The number of carbonyl (C=O) groups excluding carboxylic acids is 1. The van der Waals surface area contributed by atoms with Crippen LogP contribution < -0.4 is 9.64 Å². The minimum Gasteiger partial charge on any atom is -0.482 e. The predicted octanol–water partition coefficient (Wildman–Crippen LogP) is 3.70. The highest BCUT2D eigenvalue weighted by Crippen LogP contribution is 2.31. The fourth-order valence-electron chi connectivity index (χ4n) is 3.25. The maximum Gasteiger partial charge on any atom is 0.265 e. The number of hydrogen-bond donors (Lipinski definition) is 0. The second-order valence-corrected chi connectivity index (χ2v) is 6.79. The van der Waals surface area contributed by atoms with Crippen molar-refractivity contribution in [2.45, 2.75) is 59.0 Å². The monoisotopic (exact) mass is 318 g/mol. The van der Waals surface area contributed by atoms with Crippen molar-refractivity contribution in [2.24, 2.45) is 0 Å². The molecule has 128 valence electrons. The zero-order valence-electron chi connectivity index (χ0n) is 14.9. The molecule has 4 nitrogen and oxygen atoms in total. The van der Waals surface area contributed by atoms with Gasteiger partial charge in [0.25, 0.3) is 5.91 Å². The van der Waals surface area contributed by atoms with E-state index in [0.29, 0.717) is 12.1 Å². The van der Waals surface area contributed by atoms with E-state index in [1.807, 2.05) is 29.2 Å². The molecule has 0 saturated heterocycles. The molecule has 0 unspecified atom stereocenters. The highest BCUT2D eigenvalue weighted by molar-refractivity contribution is 5.97. The maximum atomic E-state index is 12.1. The molecule has 0 radical (unpaired) electrons. The van der Waals surface area contributed by atoms with Gasteiger partial charge < -0.3 is 9.64 Å². The van der Waals surface area contributed by atoms with E-state index in [9.17, 15) is 4.79 Å². The maximum absolute atomic E-state index is 12.1. The second-order valence-electron chi connectivity index (χ2n) is 6.79. The zero-order chi connectivity index (χ0) is 16.8. The number of hydrogen-bond acceptors (Lipinski definition) is 3. The molecule has 0 atom stereocenters. The normalized spacial score (nSPS) is 14.6. The van der Waals surface area contributed by atoms with Crippen LogP contribution in [0, 0.1) is 0 Å². The molecule has 1 aromatic carbocycles. The average Bonchev–Trinajstić information content (AvgIpc) is 2.51. The number of rotatable bonds is 8. The molecule has 0 spiro atoms. The van der Waals surface area contributed by atoms with Crippen molar-refractivity contribution in [3.63, 3.8) is 0 Å². The number of ether oxygens (including phenoxy) is 1. The number of fused-ring (bicyclic) bond motifs is 1. The fourth-order valence-corrected chi connectivity index (χ4v) is 3.25. The number of nitrogens with zero attached hydrogens (tertiary/aromatic N) is 2. The molecule has 0 bridgehead atoms. The summed E-state index contributed by atoms with van der Waals surface area (Å²) >= 11 is 0. The summed E-state index contributed by atoms with van der Waals surface area (Å²) in [4.78, 5) is 16.5. The Hall–Kier alpha value is -1.55. The molecule has 23 heavy (non-hydrogen) atoms. The van der Waals surface area contributed by atoms with Crippen LogP contribution in [-0.2, 0) is 4.79 Å². The second kappa shape index (κ2) is 8.34. The van der Waals surface area contributed by atoms with Crippen LogP contribution in [0.1, 0.15) is 47.0 Å². The smallest absolute Gasteiger partial charge is 0.265 e. The van der Waals surface area contributed by atoms with Gasteiger partial charge in [-0.3, -0.25) is 9.69 Å². The number of benzene rings is 1. The van der Waals surface area contributed by atoms with Gasteiger partial charge >= 0.3 is 0 Å². The van der Waals surface area contributed by atoms with E-state index >= 15 is 0 Å². The van der Waals surface area contributed by atoms with E-state index in [-0.39, 0.29) is 12.5 Å². The van der Waals surface area contributed by atoms with Gasteiger partial charge in [-0.15, -0.1) is 0 Å². The van der Waals surface area contributed by atoms with Gasteiger partial charge in [0.2, 0.25) is 0 Å². The summed E-state index contributed by atoms with van der Waals surface area (Å²) in [6.45, 7) is 11.1. The first-order valence-electron chi connectivity index (χ1n) is 8.78. The fraction of sp³-hybridized carbons (Fsp3) is 0.632. The molecule has 4 heteroatoms. The summed E-state index contributed by atoms with van der Waals surface area (Å²) in [5.41, 5.74) is 0.912. The lowest BCUT2D eigenvalue weighted by Crippen LogP contribution is -2.39. The van der Waals surface area contributed by atoms with Gasteiger partial charge in [0.1, 0.15) is 5.75 Å². The molecule has 1 aliphatic heterocycles. The van der Waals surface area contributed by atoms with Crippen molar-refractivity contribution in [1.82, 2.24) is 4.90 Å². The minimum atomic E-state index is 0.0645. The van der Waals surface area contributed by atoms with Crippen LogP contribution >= 0.6 is 0 Å². The van der Waals surface area contributed by atoms with Gasteiger partial charge in [-0.05, 0) is 59.2 Å². The Balaban J connectivity index is 1.79. The van der Waals surface area contributed by atoms with Crippen molar-refractivity contribution in [1.29, 1.82) is 0 Å². The summed E-state index contributed by atoms with van der Waals surface area (Å²) in [5.74, 6) is 0.882. The predicted molar refractivity (Wildman–Crippen MR) is 95.1 cm³/mol. The van der Waals surface area contributed by atoms with Crippen LogP contribution in [0.3, 0.4) is 0 Å². The van der Waals surface area contributed by atoms with E-state index in [1.54, 1.807) is 0 Å². The van der Waals surface area contributed by atoms with Crippen LogP contribution in [0.4, 0.5) is 5.69 Å². The lowest BCUT2D eigenvalue weighted by atomic mass is 10.1. The van der Waals surface area contributed by atoms with E-state index in [0.717, 1.165) is 37.4 Å². The van der Waals surface area contributed by atoms with Crippen LogP contribution in [-0.4, -0.2) is 42.6 Å². The summed E-state index contributed by atoms with van der Waals surface area (Å²) in [7, 11) is 0. The van der Waals surface area contributed by atoms with Gasteiger partial charge in [0.05, 0.1) is 5.69 Å². The van der Waals surface area contributed by atoms with Crippen LogP contribution in [0.15, 0.2) is 24.3 Å². The molecule has 1 aliphatic rings. The van der Waals surface area contributed by atoms with E-state index < -0.39 is 0 Å². The highest BCUT2D eigenvalue weighted by atomic mass is 16.5. The Kier molecular flexibility index (Phi) is 6.46. The van der Waals surface area contributed by atoms with Crippen molar-refractivity contribution in [2.75, 3.05) is 24.6 Å². The summed E-state index contributed by atoms with van der Waals surface area (Å²) in [6.07, 6.45) is 3.35. The van der Waals surface area contributed by atoms with Gasteiger partial charge in [-0.2, -0.15) is 0 Å². The molecule has 0 N–H and O–H groups in total. The van der Waals surface area contributed by atoms with Gasteiger partial charge in [0.15, 0.2) is 6.61 Å². The number of anilines is 1. The minimum absolute atomic E-state index is 0.0645. The molecule has 0 aromatic heterocycles. The first kappa shape index (κ1) is 17.8. The lowest BCUT2D eigenvalue weighted by Gasteiger charge is -2.31. The first-order valence-corrected chi connectivity index (χ1v) is 8.78. The SMILES string of the molecule is CC(C)N(CCCCCN1C(=O)COc2ccccc21)C(C)C. The Labute approximate surface area is 140 Å². The largest absolute Gasteiger partial charge is 0.482 e.